The first kappa shape index (κ1) is 19.5. The van der Waals surface area contributed by atoms with E-state index in [0.29, 0.717) is 29.0 Å². The number of rotatable bonds is 7. The molecule has 0 aliphatic carbocycles. The standard InChI is InChI=1S/C20H17N7O2S/c1-2-29-18-10-6-5-9-16(18)27-20(24-25-26-27)30-12-17(28)13(11-21)19-22-14-7-3-4-8-15(14)23-19/h3-10,28H,2,12H2,1H3,(H,22,23). The van der Waals surface area contributed by atoms with Crippen molar-refractivity contribution >= 4 is 28.4 Å². The average molecular weight is 419 g/mol. The molecule has 0 radical (unpaired) electrons. The van der Waals surface area contributed by atoms with Crippen molar-refractivity contribution in [3.63, 3.8) is 0 Å². The Hall–Kier alpha value is -3.84. The molecule has 2 aromatic heterocycles. The van der Waals surface area contributed by atoms with Crippen LogP contribution in [0.1, 0.15) is 12.7 Å². The van der Waals surface area contributed by atoms with E-state index < -0.39 is 0 Å². The predicted octanol–water partition coefficient (Wildman–Crippen LogP) is 3.52. The van der Waals surface area contributed by atoms with Crippen molar-refractivity contribution in [1.82, 2.24) is 30.2 Å². The van der Waals surface area contributed by atoms with Gasteiger partial charge in [0.15, 0.2) is 5.82 Å². The number of ether oxygens (including phenoxy) is 1. The molecule has 2 aromatic carbocycles. The van der Waals surface area contributed by atoms with Gasteiger partial charge in [0.05, 0.1) is 23.4 Å². The topological polar surface area (TPSA) is 126 Å². The van der Waals surface area contributed by atoms with Gasteiger partial charge in [0.25, 0.3) is 0 Å². The monoisotopic (exact) mass is 419 g/mol. The third kappa shape index (κ3) is 3.83. The van der Waals surface area contributed by atoms with E-state index in [0.717, 1.165) is 11.0 Å². The minimum atomic E-state index is -0.116. The highest BCUT2D eigenvalue weighted by Crippen LogP contribution is 2.28. The second kappa shape index (κ2) is 8.67. The number of hydrogen-bond acceptors (Lipinski definition) is 8. The maximum absolute atomic E-state index is 10.6. The van der Waals surface area contributed by atoms with Crippen LogP contribution in [0.5, 0.6) is 5.75 Å². The van der Waals surface area contributed by atoms with E-state index in [2.05, 4.69) is 25.5 Å². The first-order valence-corrected chi connectivity index (χ1v) is 10.1. The highest BCUT2D eigenvalue weighted by atomic mass is 32.2. The van der Waals surface area contributed by atoms with Gasteiger partial charge in [-0.1, -0.05) is 36.0 Å². The Labute approximate surface area is 176 Å². The van der Waals surface area contributed by atoms with Gasteiger partial charge in [-0.3, -0.25) is 0 Å². The molecule has 9 nitrogen and oxygen atoms in total. The lowest BCUT2D eigenvalue weighted by Gasteiger charge is -2.10. The molecule has 0 saturated heterocycles. The van der Waals surface area contributed by atoms with E-state index in [4.69, 9.17) is 4.74 Å². The van der Waals surface area contributed by atoms with Gasteiger partial charge < -0.3 is 14.8 Å². The molecule has 150 valence electrons. The van der Waals surface area contributed by atoms with E-state index in [1.165, 1.54) is 16.4 Å². The van der Waals surface area contributed by atoms with Gasteiger partial charge >= 0.3 is 0 Å². The van der Waals surface area contributed by atoms with Crippen molar-refractivity contribution in [1.29, 1.82) is 5.26 Å². The Balaban J connectivity index is 1.59. The van der Waals surface area contributed by atoms with Crippen molar-refractivity contribution in [2.75, 3.05) is 12.4 Å². The van der Waals surface area contributed by atoms with Gasteiger partial charge in [-0.25, -0.2) is 4.98 Å². The fourth-order valence-electron chi connectivity index (χ4n) is 2.86. The second-order valence-electron chi connectivity index (χ2n) is 6.10. The Morgan fingerprint density at radius 1 is 1.23 bits per heavy atom. The molecule has 30 heavy (non-hydrogen) atoms. The number of aliphatic hydroxyl groups is 1. The van der Waals surface area contributed by atoms with E-state index >= 15 is 0 Å². The van der Waals surface area contributed by atoms with Gasteiger partial charge in [0.2, 0.25) is 5.16 Å². The number of allylic oxidation sites excluding steroid dienone is 1. The first-order valence-electron chi connectivity index (χ1n) is 9.12. The number of tetrazole rings is 1. The number of aromatic amines is 1. The zero-order valence-electron chi connectivity index (χ0n) is 16.0. The van der Waals surface area contributed by atoms with Crippen LogP contribution in [0.25, 0.3) is 22.3 Å². The molecular formula is C20H17N7O2S. The van der Waals surface area contributed by atoms with Gasteiger partial charge in [0.1, 0.15) is 28.8 Å². The molecule has 10 heteroatoms. The molecule has 4 rings (SSSR count). The van der Waals surface area contributed by atoms with Gasteiger partial charge in [0, 0.05) is 0 Å². The fraction of sp³-hybridized carbons (Fsp3) is 0.150. The molecule has 0 spiro atoms. The number of thioether (sulfide) groups is 1. The Morgan fingerprint density at radius 3 is 2.83 bits per heavy atom. The summed E-state index contributed by atoms with van der Waals surface area (Å²) in [5.74, 6) is 0.943. The summed E-state index contributed by atoms with van der Waals surface area (Å²) in [6.07, 6.45) is 0. The summed E-state index contributed by atoms with van der Waals surface area (Å²) in [7, 11) is 0. The number of nitrogens with one attached hydrogen (secondary N) is 1. The lowest BCUT2D eigenvalue weighted by atomic mass is 10.2. The molecule has 0 saturated carbocycles. The number of H-pyrrole nitrogens is 1. The lowest BCUT2D eigenvalue weighted by Crippen LogP contribution is -2.04. The summed E-state index contributed by atoms with van der Waals surface area (Å²) < 4.78 is 7.18. The molecule has 0 bridgehead atoms. The van der Waals surface area contributed by atoms with Crippen LogP contribution in [-0.4, -0.2) is 47.6 Å². The number of hydrogen-bond donors (Lipinski definition) is 2. The summed E-state index contributed by atoms with van der Waals surface area (Å²) in [4.78, 5) is 7.44. The van der Waals surface area contributed by atoms with Crippen LogP contribution >= 0.6 is 11.8 Å². The van der Waals surface area contributed by atoms with Crippen LogP contribution in [0, 0.1) is 11.3 Å². The molecule has 0 amide bonds. The molecule has 2 N–H and O–H groups in total. The Kier molecular flexibility index (Phi) is 5.63. The molecule has 0 aliphatic rings. The van der Waals surface area contributed by atoms with Crippen LogP contribution in [-0.2, 0) is 0 Å². The fourth-order valence-corrected chi connectivity index (χ4v) is 3.62. The number of fused-ring (bicyclic) bond motifs is 1. The van der Waals surface area contributed by atoms with Crippen LogP contribution in [0.15, 0.2) is 59.4 Å². The Morgan fingerprint density at radius 2 is 2.03 bits per heavy atom. The number of imidazole rings is 1. The SMILES string of the molecule is CCOc1ccccc1-n1nnnc1SCC(O)=C(C#N)c1nc2ccccc2[nH]1. The summed E-state index contributed by atoms with van der Waals surface area (Å²) in [5.41, 5.74) is 2.27. The molecule has 0 aliphatic heterocycles. The van der Waals surface area contributed by atoms with E-state index in [-0.39, 0.29) is 17.1 Å². The van der Waals surface area contributed by atoms with Crippen molar-refractivity contribution in [3.8, 4) is 17.5 Å². The van der Waals surface area contributed by atoms with Gasteiger partial charge in [-0.15, -0.1) is 5.10 Å². The second-order valence-corrected chi connectivity index (χ2v) is 7.04. The number of para-hydroxylation sites is 4. The van der Waals surface area contributed by atoms with E-state index in [1.807, 2.05) is 61.5 Å². The highest BCUT2D eigenvalue weighted by molar-refractivity contribution is 7.99. The molecule has 0 fully saturated rings. The minimum Gasteiger partial charge on any atom is -0.510 e. The molecule has 0 atom stereocenters. The summed E-state index contributed by atoms with van der Waals surface area (Å²) in [6, 6.07) is 16.9. The summed E-state index contributed by atoms with van der Waals surface area (Å²) >= 11 is 1.20. The Bertz CT molecular complexity index is 1220. The van der Waals surface area contributed by atoms with Crippen LogP contribution in [0.3, 0.4) is 0 Å². The van der Waals surface area contributed by atoms with Crippen molar-refractivity contribution in [2.45, 2.75) is 12.1 Å². The third-order valence-electron chi connectivity index (χ3n) is 4.20. The number of aliphatic hydroxyl groups excluding tert-OH is 1. The normalized spacial score (nSPS) is 11.9. The summed E-state index contributed by atoms with van der Waals surface area (Å²) in [6.45, 7) is 2.41. The number of nitriles is 1. The average Bonchev–Trinajstić information content (AvgIpc) is 3.40. The van der Waals surface area contributed by atoms with Crippen LogP contribution < -0.4 is 4.74 Å². The first-order chi connectivity index (χ1) is 14.7. The van der Waals surface area contributed by atoms with Gasteiger partial charge in [-0.05, 0) is 41.6 Å². The van der Waals surface area contributed by atoms with Crippen molar-refractivity contribution in [2.24, 2.45) is 0 Å². The number of aromatic nitrogens is 6. The zero-order valence-corrected chi connectivity index (χ0v) is 16.8. The largest absolute Gasteiger partial charge is 0.510 e. The molecule has 4 aromatic rings. The third-order valence-corrected chi connectivity index (χ3v) is 5.13. The van der Waals surface area contributed by atoms with E-state index in [9.17, 15) is 10.4 Å². The highest BCUT2D eigenvalue weighted by Gasteiger charge is 2.17. The van der Waals surface area contributed by atoms with Crippen molar-refractivity contribution < 1.29 is 9.84 Å². The van der Waals surface area contributed by atoms with E-state index in [1.54, 1.807) is 0 Å². The maximum Gasteiger partial charge on any atom is 0.214 e. The van der Waals surface area contributed by atoms with Crippen molar-refractivity contribution in [3.05, 3.63) is 60.1 Å². The lowest BCUT2D eigenvalue weighted by molar-refractivity contribution is 0.337. The smallest absolute Gasteiger partial charge is 0.214 e. The summed E-state index contributed by atoms with van der Waals surface area (Å²) in [5, 5.41) is 32.4. The number of benzene rings is 2. The van der Waals surface area contributed by atoms with Crippen LogP contribution in [0.2, 0.25) is 0 Å². The zero-order chi connectivity index (χ0) is 20.9. The maximum atomic E-state index is 10.6. The number of nitrogens with zero attached hydrogens (tertiary/aromatic N) is 6. The molecule has 0 unspecified atom stereocenters. The van der Waals surface area contributed by atoms with Crippen LogP contribution in [0.4, 0.5) is 0 Å². The van der Waals surface area contributed by atoms with Gasteiger partial charge in [-0.2, -0.15) is 9.94 Å². The molecule has 2 heterocycles. The predicted molar refractivity (Wildman–Crippen MR) is 112 cm³/mol. The minimum absolute atomic E-state index is 0.0763. The quantitative estimate of drug-likeness (QED) is 0.265. The molecular weight excluding hydrogens is 402 g/mol.